The zero-order valence-corrected chi connectivity index (χ0v) is 17.4. The van der Waals surface area contributed by atoms with Gasteiger partial charge >= 0.3 is 5.97 Å². The lowest BCUT2D eigenvalue weighted by molar-refractivity contribution is -0.137. The van der Waals surface area contributed by atoms with E-state index in [4.69, 9.17) is 14.6 Å². The van der Waals surface area contributed by atoms with Crippen LogP contribution in [-0.2, 0) is 4.79 Å². The molecule has 7 heteroatoms. The molecule has 0 atom stereocenters. The van der Waals surface area contributed by atoms with Crippen molar-refractivity contribution in [3.63, 3.8) is 0 Å². The molecule has 2 heterocycles. The molecule has 2 aliphatic rings. The number of aliphatic carboxylic acids is 1. The van der Waals surface area contributed by atoms with E-state index in [9.17, 15) is 9.18 Å². The predicted octanol–water partition coefficient (Wildman–Crippen LogP) is 4.39. The van der Waals surface area contributed by atoms with Crippen molar-refractivity contribution in [1.29, 1.82) is 0 Å². The van der Waals surface area contributed by atoms with E-state index < -0.39 is 5.97 Å². The highest BCUT2D eigenvalue weighted by Crippen LogP contribution is 2.40. The Bertz CT molecular complexity index is 923. The lowest BCUT2D eigenvalue weighted by atomic mass is 9.90. The van der Waals surface area contributed by atoms with Gasteiger partial charge in [0.1, 0.15) is 23.9 Å². The molecule has 4 rings (SSSR count). The second kappa shape index (κ2) is 9.96. The summed E-state index contributed by atoms with van der Waals surface area (Å²) in [5, 5.41) is 8.82. The van der Waals surface area contributed by atoms with E-state index in [0.717, 1.165) is 47.7 Å². The molecule has 0 bridgehead atoms. The third-order valence-electron chi connectivity index (χ3n) is 5.31. The summed E-state index contributed by atoms with van der Waals surface area (Å²) in [4.78, 5) is 13.2. The van der Waals surface area contributed by atoms with Gasteiger partial charge in [-0.3, -0.25) is 9.69 Å². The first-order valence-electron chi connectivity index (χ1n) is 9.92. The second-order valence-electron chi connectivity index (χ2n) is 7.41. The van der Waals surface area contributed by atoms with E-state index in [1.165, 1.54) is 25.0 Å². The molecule has 160 valence electrons. The minimum Gasteiger partial charge on any atom is -0.493 e. The molecule has 2 aliphatic heterocycles. The van der Waals surface area contributed by atoms with E-state index in [1.54, 1.807) is 18.2 Å². The summed E-state index contributed by atoms with van der Waals surface area (Å²) in [6.07, 6.45) is 2.35. The maximum Gasteiger partial charge on any atom is 0.306 e. The number of ether oxygens (including phenoxy) is 2. The van der Waals surface area contributed by atoms with Crippen LogP contribution >= 0.6 is 12.4 Å². The highest BCUT2D eigenvalue weighted by Gasteiger charge is 2.25. The van der Waals surface area contributed by atoms with Crippen molar-refractivity contribution < 1.29 is 23.8 Å². The summed E-state index contributed by atoms with van der Waals surface area (Å²) >= 11 is 0. The van der Waals surface area contributed by atoms with Crippen LogP contribution in [-0.4, -0.2) is 48.8 Å². The molecule has 0 unspecified atom stereocenters. The van der Waals surface area contributed by atoms with E-state index in [0.29, 0.717) is 12.4 Å². The van der Waals surface area contributed by atoms with Gasteiger partial charge in [-0.25, -0.2) is 4.39 Å². The Labute approximate surface area is 181 Å². The van der Waals surface area contributed by atoms with Crippen LogP contribution in [0.3, 0.4) is 0 Å². The first kappa shape index (κ1) is 22.1. The van der Waals surface area contributed by atoms with Gasteiger partial charge in [-0.05, 0) is 73.0 Å². The van der Waals surface area contributed by atoms with Crippen molar-refractivity contribution in [2.75, 3.05) is 32.8 Å². The van der Waals surface area contributed by atoms with Crippen molar-refractivity contribution in [2.24, 2.45) is 0 Å². The van der Waals surface area contributed by atoms with Gasteiger partial charge in [-0.2, -0.15) is 0 Å². The highest BCUT2D eigenvalue weighted by atomic mass is 35.5. The summed E-state index contributed by atoms with van der Waals surface area (Å²) in [7, 11) is 0. The zero-order valence-electron chi connectivity index (χ0n) is 16.6. The Morgan fingerprint density at radius 1 is 1.13 bits per heavy atom. The Kier molecular flexibility index (Phi) is 7.34. The summed E-state index contributed by atoms with van der Waals surface area (Å²) in [6.45, 7) is 3.56. The molecular formula is C23H25ClFNO4. The summed E-state index contributed by atoms with van der Waals surface area (Å²) < 4.78 is 25.2. The number of carboxylic acids is 1. The molecule has 1 N–H and O–H groups in total. The number of halogens is 2. The Hall–Kier alpha value is -2.57. The quantitative estimate of drug-likeness (QED) is 0.701. The lowest BCUT2D eigenvalue weighted by Gasteiger charge is -2.27. The third-order valence-corrected chi connectivity index (χ3v) is 5.31. The van der Waals surface area contributed by atoms with Crippen LogP contribution in [0.4, 0.5) is 4.39 Å². The van der Waals surface area contributed by atoms with E-state index in [-0.39, 0.29) is 31.3 Å². The van der Waals surface area contributed by atoms with Crippen LogP contribution in [0, 0.1) is 5.82 Å². The standard InChI is InChI=1S/C23H24FNO4.ClH/c24-18-5-3-16(4-6-18)23-17(14-25-10-1-2-11-25)15-29-21-8-7-19(13-20(21)23)28-12-9-22(26)27;/h3-8,13H,1-2,9-12,14-15H2,(H,26,27);1H. The monoisotopic (exact) mass is 433 g/mol. The average Bonchev–Trinajstić information content (AvgIpc) is 3.21. The molecule has 1 fully saturated rings. The number of likely N-dealkylation sites (tertiary alicyclic amines) is 1. The van der Waals surface area contributed by atoms with Gasteiger partial charge in [0.15, 0.2) is 0 Å². The minimum atomic E-state index is -0.897. The van der Waals surface area contributed by atoms with Crippen molar-refractivity contribution >= 4 is 23.9 Å². The van der Waals surface area contributed by atoms with Crippen LogP contribution in [0.25, 0.3) is 5.57 Å². The first-order chi connectivity index (χ1) is 14.1. The van der Waals surface area contributed by atoms with Gasteiger partial charge in [0, 0.05) is 12.1 Å². The molecule has 30 heavy (non-hydrogen) atoms. The Balaban J connectivity index is 0.00000256. The zero-order chi connectivity index (χ0) is 20.2. The van der Waals surface area contributed by atoms with Crippen LogP contribution < -0.4 is 9.47 Å². The maximum atomic E-state index is 13.5. The van der Waals surface area contributed by atoms with Gasteiger partial charge in [0.25, 0.3) is 0 Å². The fraction of sp³-hybridized carbons (Fsp3) is 0.348. The van der Waals surface area contributed by atoms with Crippen molar-refractivity contribution in [1.82, 2.24) is 4.90 Å². The summed E-state index contributed by atoms with van der Waals surface area (Å²) in [5.74, 6) is 0.176. The minimum absolute atomic E-state index is 0. The molecule has 2 aromatic carbocycles. The maximum absolute atomic E-state index is 13.5. The van der Waals surface area contributed by atoms with Crippen molar-refractivity contribution in [3.8, 4) is 11.5 Å². The molecule has 0 aromatic heterocycles. The van der Waals surface area contributed by atoms with Crippen LogP contribution in [0.2, 0.25) is 0 Å². The van der Waals surface area contributed by atoms with Crippen LogP contribution in [0.1, 0.15) is 30.4 Å². The highest BCUT2D eigenvalue weighted by molar-refractivity contribution is 5.87. The number of rotatable bonds is 7. The van der Waals surface area contributed by atoms with E-state index in [2.05, 4.69) is 4.90 Å². The Morgan fingerprint density at radius 3 is 2.57 bits per heavy atom. The number of hydrogen-bond acceptors (Lipinski definition) is 4. The van der Waals surface area contributed by atoms with E-state index >= 15 is 0 Å². The molecule has 1 saturated heterocycles. The fourth-order valence-electron chi connectivity index (χ4n) is 3.92. The van der Waals surface area contributed by atoms with Crippen molar-refractivity contribution in [2.45, 2.75) is 19.3 Å². The number of nitrogens with zero attached hydrogens (tertiary/aromatic N) is 1. The molecule has 0 aliphatic carbocycles. The number of hydrogen-bond donors (Lipinski definition) is 1. The van der Waals surface area contributed by atoms with Crippen LogP contribution in [0.15, 0.2) is 48.0 Å². The predicted molar refractivity (Wildman–Crippen MR) is 115 cm³/mol. The van der Waals surface area contributed by atoms with Gasteiger partial charge in [0.2, 0.25) is 0 Å². The summed E-state index contributed by atoms with van der Waals surface area (Å²) in [5.41, 5.74) is 4.04. The fourth-order valence-corrected chi connectivity index (χ4v) is 3.92. The smallest absolute Gasteiger partial charge is 0.306 e. The molecule has 0 spiro atoms. The number of carboxylic acid groups (broad SMARTS) is 1. The third kappa shape index (κ3) is 5.12. The molecule has 2 aromatic rings. The van der Waals surface area contributed by atoms with Crippen LogP contribution in [0.5, 0.6) is 11.5 Å². The number of carbonyl (C=O) groups is 1. The second-order valence-corrected chi connectivity index (χ2v) is 7.41. The number of benzene rings is 2. The summed E-state index contributed by atoms with van der Waals surface area (Å²) in [6, 6.07) is 12.1. The molecule has 5 nitrogen and oxygen atoms in total. The largest absolute Gasteiger partial charge is 0.493 e. The average molecular weight is 434 g/mol. The molecule has 0 amide bonds. The Morgan fingerprint density at radius 2 is 1.87 bits per heavy atom. The first-order valence-corrected chi connectivity index (χ1v) is 9.92. The van der Waals surface area contributed by atoms with Gasteiger partial charge in [-0.15, -0.1) is 12.4 Å². The SMILES string of the molecule is Cl.O=C(O)CCOc1ccc2c(c1)C(c1ccc(F)cc1)=C(CN1CCCC1)CO2. The normalized spacial score (nSPS) is 15.9. The lowest BCUT2D eigenvalue weighted by Crippen LogP contribution is -2.26. The topological polar surface area (TPSA) is 59.0 Å². The van der Waals surface area contributed by atoms with E-state index in [1.807, 2.05) is 12.1 Å². The molecule has 0 saturated carbocycles. The van der Waals surface area contributed by atoms with Gasteiger partial charge in [-0.1, -0.05) is 12.1 Å². The molecule has 0 radical (unpaired) electrons. The van der Waals surface area contributed by atoms with Gasteiger partial charge in [0.05, 0.1) is 13.0 Å². The van der Waals surface area contributed by atoms with Crippen molar-refractivity contribution in [3.05, 3.63) is 65.0 Å². The van der Waals surface area contributed by atoms with Gasteiger partial charge < -0.3 is 14.6 Å². The number of fused-ring (bicyclic) bond motifs is 1. The molecular weight excluding hydrogens is 409 g/mol.